The topological polar surface area (TPSA) is 35.5 Å². The average Bonchev–Trinajstić information content (AvgIpc) is 2.56. The molecular weight excluding hydrogens is 283 g/mol. The van der Waals surface area contributed by atoms with E-state index in [-0.39, 0.29) is 5.78 Å². The first-order chi connectivity index (χ1) is 10.6. The van der Waals surface area contributed by atoms with E-state index >= 15 is 4.39 Å². The van der Waals surface area contributed by atoms with Gasteiger partial charge in [-0.05, 0) is 39.5 Å². The largest absolute Gasteiger partial charge is 0.349 e. The summed E-state index contributed by atoms with van der Waals surface area (Å²) in [6, 6.07) is 0. The van der Waals surface area contributed by atoms with Crippen LogP contribution in [0.25, 0.3) is 0 Å². The number of carbonyl (C=O) groups is 1. The van der Waals surface area contributed by atoms with E-state index in [1.54, 1.807) is 0 Å². The van der Waals surface area contributed by atoms with Gasteiger partial charge in [0, 0.05) is 19.6 Å². The number of Topliss-reactive ketones (excluding diaryl/α,β-unsaturated/α-hetero) is 1. The third-order valence-electron chi connectivity index (χ3n) is 6.28. The minimum atomic E-state index is -1.11. The fourth-order valence-electron chi connectivity index (χ4n) is 5.42. The summed E-state index contributed by atoms with van der Waals surface area (Å²) in [5, 5.41) is 0. The zero-order chi connectivity index (χ0) is 15.8. The molecule has 2 spiro atoms. The highest BCUT2D eigenvalue weighted by Gasteiger charge is 2.79. The quantitative estimate of drug-likeness (QED) is 0.730. The van der Waals surface area contributed by atoms with E-state index in [0.717, 1.165) is 32.1 Å². The summed E-state index contributed by atoms with van der Waals surface area (Å²) in [6.07, 6.45) is 6.43. The number of rotatable bonds is 4. The Bertz CT molecular complexity index is 419. The van der Waals surface area contributed by atoms with Crippen LogP contribution in [0.3, 0.4) is 0 Å². The van der Waals surface area contributed by atoms with E-state index in [1.165, 1.54) is 0 Å². The SMILES string of the molecule is CCOC1(OCC)CCCCC12C(=O)C1(CCCCC1)C2F. The van der Waals surface area contributed by atoms with Gasteiger partial charge >= 0.3 is 0 Å². The van der Waals surface area contributed by atoms with Crippen LogP contribution in [0, 0.1) is 10.8 Å². The first-order valence-corrected chi connectivity index (χ1v) is 9.06. The van der Waals surface area contributed by atoms with E-state index in [2.05, 4.69) is 0 Å². The molecule has 3 aliphatic rings. The Labute approximate surface area is 132 Å². The van der Waals surface area contributed by atoms with Crippen molar-refractivity contribution < 1.29 is 18.7 Å². The van der Waals surface area contributed by atoms with Gasteiger partial charge in [-0.1, -0.05) is 25.7 Å². The Morgan fingerprint density at radius 3 is 2.05 bits per heavy atom. The molecule has 0 bridgehead atoms. The van der Waals surface area contributed by atoms with Gasteiger partial charge in [-0.15, -0.1) is 0 Å². The van der Waals surface area contributed by atoms with Crippen LogP contribution in [0.4, 0.5) is 4.39 Å². The van der Waals surface area contributed by atoms with Gasteiger partial charge in [0.25, 0.3) is 0 Å². The van der Waals surface area contributed by atoms with Crippen molar-refractivity contribution in [1.82, 2.24) is 0 Å². The van der Waals surface area contributed by atoms with Gasteiger partial charge in [0.15, 0.2) is 11.6 Å². The zero-order valence-electron chi connectivity index (χ0n) is 14.0. The predicted molar refractivity (Wildman–Crippen MR) is 82.3 cm³/mol. The molecule has 0 saturated heterocycles. The second kappa shape index (κ2) is 5.86. The fourth-order valence-corrected chi connectivity index (χ4v) is 5.42. The van der Waals surface area contributed by atoms with Crippen LogP contribution in [-0.2, 0) is 14.3 Å². The Morgan fingerprint density at radius 2 is 1.50 bits per heavy atom. The maximum Gasteiger partial charge on any atom is 0.183 e. The van der Waals surface area contributed by atoms with E-state index in [9.17, 15) is 4.79 Å². The summed E-state index contributed by atoms with van der Waals surface area (Å²) >= 11 is 0. The number of alkyl halides is 1. The van der Waals surface area contributed by atoms with Crippen molar-refractivity contribution in [2.45, 2.75) is 83.6 Å². The van der Waals surface area contributed by atoms with Crippen molar-refractivity contribution >= 4 is 5.78 Å². The van der Waals surface area contributed by atoms with Crippen molar-refractivity contribution in [2.24, 2.45) is 10.8 Å². The highest BCUT2D eigenvalue weighted by atomic mass is 19.1. The Kier molecular flexibility index (Phi) is 4.36. The number of hydrogen-bond donors (Lipinski definition) is 0. The number of ether oxygens (including phenoxy) is 2. The van der Waals surface area contributed by atoms with Crippen LogP contribution >= 0.6 is 0 Å². The van der Waals surface area contributed by atoms with E-state index in [1.807, 2.05) is 13.8 Å². The maximum atomic E-state index is 15.6. The number of hydrogen-bond acceptors (Lipinski definition) is 3. The average molecular weight is 312 g/mol. The summed E-state index contributed by atoms with van der Waals surface area (Å²) < 4.78 is 27.5. The van der Waals surface area contributed by atoms with Gasteiger partial charge in [0.1, 0.15) is 11.6 Å². The molecule has 22 heavy (non-hydrogen) atoms. The lowest BCUT2D eigenvalue weighted by Crippen LogP contribution is -2.78. The van der Waals surface area contributed by atoms with E-state index < -0.39 is 22.8 Å². The molecular formula is C18H29FO3. The minimum Gasteiger partial charge on any atom is -0.349 e. The molecule has 3 saturated carbocycles. The highest BCUT2D eigenvalue weighted by Crippen LogP contribution is 2.68. The Morgan fingerprint density at radius 1 is 0.955 bits per heavy atom. The molecule has 4 heteroatoms. The normalized spacial score (nSPS) is 36.5. The molecule has 2 unspecified atom stereocenters. The monoisotopic (exact) mass is 312 g/mol. The van der Waals surface area contributed by atoms with Crippen LogP contribution in [0.15, 0.2) is 0 Å². The summed E-state index contributed by atoms with van der Waals surface area (Å²) in [7, 11) is 0. The highest BCUT2D eigenvalue weighted by molar-refractivity contribution is 5.99. The van der Waals surface area contributed by atoms with E-state index in [4.69, 9.17) is 9.47 Å². The molecule has 3 fully saturated rings. The molecule has 0 heterocycles. The third-order valence-corrected chi connectivity index (χ3v) is 6.28. The summed E-state index contributed by atoms with van der Waals surface area (Å²) in [4.78, 5) is 13.3. The van der Waals surface area contributed by atoms with Crippen molar-refractivity contribution in [3.8, 4) is 0 Å². The molecule has 3 aliphatic carbocycles. The summed E-state index contributed by atoms with van der Waals surface area (Å²) in [5.41, 5.74) is -1.77. The lowest BCUT2D eigenvalue weighted by Gasteiger charge is -2.65. The van der Waals surface area contributed by atoms with Gasteiger partial charge in [-0.25, -0.2) is 4.39 Å². The van der Waals surface area contributed by atoms with Crippen molar-refractivity contribution in [1.29, 1.82) is 0 Å². The van der Waals surface area contributed by atoms with Crippen molar-refractivity contribution in [3.05, 3.63) is 0 Å². The molecule has 0 aromatic carbocycles. The third kappa shape index (κ3) is 1.89. The number of halogens is 1. The van der Waals surface area contributed by atoms with Gasteiger partial charge in [-0.2, -0.15) is 0 Å². The first kappa shape index (κ1) is 16.4. The zero-order valence-corrected chi connectivity index (χ0v) is 14.0. The first-order valence-electron chi connectivity index (χ1n) is 9.06. The van der Waals surface area contributed by atoms with Crippen LogP contribution in [0.2, 0.25) is 0 Å². The van der Waals surface area contributed by atoms with Gasteiger partial charge in [0.05, 0.1) is 5.41 Å². The number of carbonyl (C=O) groups excluding carboxylic acids is 1. The van der Waals surface area contributed by atoms with Crippen LogP contribution in [0.1, 0.15) is 71.6 Å². The van der Waals surface area contributed by atoms with Gasteiger partial charge in [-0.3, -0.25) is 4.79 Å². The standard InChI is InChI=1S/C18H29FO3/c1-3-21-18(22-4-2)13-9-8-12-17(18)14(19)16(15(17)20)10-6-5-7-11-16/h14H,3-13H2,1-2H3. The van der Waals surface area contributed by atoms with Crippen molar-refractivity contribution in [3.63, 3.8) is 0 Å². The van der Waals surface area contributed by atoms with Crippen LogP contribution in [0.5, 0.6) is 0 Å². The van der Waals surface area contributed by atoms with Gasteiger partial charge in [0.2, 0.25) is 0 Å². The molecule has 0 radical (unpaired) electrons. The number of ketones is 1. The maximum absolute atomic E-state index is 15.6. The molecule has 0 aromatic rings. The van der Waals surface area contributed by atoms with Gasteiger partial charge < -0.3 is 9.47 Å². The van der Waals surface area contributed by atoms with Crippen LogP contribution < -0.4 is 0 Å². The molecule has 0 aromatic heterocycles. The summed E-state index contributed by atoms with van der Waals surface area (Å²) in [5.74, 6) is -0.928. The molecule has 3 nitrogen and oxygen atoms in total. The second-order valence-corrected chi connectivity index (χ2v) is 7.21. The Balaban J connectivity index is 1.97. The molecule has 3 rings (SSSR count). The summed E-state index contributed by atoms with van der Waals surface area (Å²) in [6.45, 7) is 4.70. The van der Waals surface area contributed by atoms with Crippen LogP contribution in [-0.4, -0.2) is 31.0 Å². The second-order valence-electron chi connectivity index (χ2n) is 7.21. The van der Waals surface area contributed by atoms with E-state index in [0.29, 0.717) is 38.9 Å². The minimum absolute atomic E-state index is 0.105. The fraction of sp³-hybridized carbons (Fsp3) is 0.944. The molecule has 0 aliphatic heterocycles. The molecule has 2 atom stereocenters. The smallest absolute Gasteiger partial charge is 0.183 e. The van der Waals surface area contributed by atoms with Crippen molar-refractivity contribution in [2.75, 3.05) is 13.2 Å². The predicted octanol–water partition coefficient (Wildman–Crippen LogP) is 4.19. The molecule has 0 N–H and O–H groups in total. The Hall–Kier alpha value is -0.480. The lowest BCUT2D eigenvalue weighted by atomic mass is 9.41. The molecule has 126 valence electrons. The molecule has 0 amide bonds. The lowest BCUT2D eigenvalue weighted by molar-refractivity contribution is -0.343.